The third kappa shape index (κ3) is 1.68. The number of carbonyl (C=O) groups is 1. The Labute approximate surface area is 85.8 Å². The predicted molar refractivity (Wildman–Crippen MR) is 53.3 cm³/mol. The maximum Gasteiger partial charge on any atom is 0.178 e. The third-order valence-electron chi connectivity index (χ3n) is 2.19. The molecule has 0 aromatic heterocycles. The topological polar surface area (TPSA) is 57.5 Å². The molecule has 1 aromatic carbocycles. The molecule has 1 aromatic rings. The summed E-state index contributed by atoms with van der Waals surface area (Å²) in [6.45, 7) is 0. The number of aliphatic hydroxyl groups excluding tert-OH is 1. The minimum Gasteiger partial charge on any atom is -0.364 e. The Balaban J connectivity index is 2.46. The largest absolute Gasteiger partial charge is 0.364 e. The molecule has 0 bridgehead atoms. The Hall–Kier alpha value is -0.840. The van der Waals surface area contributed by atoms with Crippen LogP contribution < -0.4 is 0 Å². The van der Waals surface area contributed by atoms with Gasteiger partial charge in [-0.2, -0.15) is 0 Å². The quantitative estimate of drug-likeness (QED) is 0.687. The Morgan fingerprint density at radius 2 is 2.14 bits per heavy atom. The van der Waals surface area contributed by atoms with Gasteiger partial charge in [-0.1, -0.05) is 6.07 Å². The van der Waals surface area contributed by atoms with Crippen molar-refractivity contribution in [2.75, 3.05) is 5.75 Å². The fraction of sp³-hybridized carbons (Fsp3) is 0.300. The predicted octanol–water partition coefficient (Wildman–Crippen LogP) is 1.35. The van der Waals surface area contributed by atoms with Crippen molar-refractivity contribution in [2.45, 2.75) is 17.6 Å². The van der Waals surface area contributed by atoms with Crippen molar-refractivity contribution < 1.29 is 15.0 Å². The highest BCUT2D eigenvalue weighted by Crippen LogP contribution is 2.31. The van der Waals surface area contributed by atoms with Crippen LogP contribution in [0.5, 0.6) is 0 Å². The molecule has 0 aliphatic carbocycles. The van der Waals surface area contributed by atoms with Crippen LogP contribution in [0.2, 0.25) is 0 Å². The fourth-order valence-electron chi connectivity index (χ4n) is 1.44. The van der Waals surface area contributed by atoms with E-state index < -0.39 is 6.29 Å². The number of carbonyl (C=O) groups excluding carboxylic acids is 1. The highest BCUT2D eigenvalue weighted by molar-refractivity contribution is 7.99. The van der Waals surface area contributed by atoms with Gasteiger partial charge in [-0.05, 0) is 12.1 Å². The van der Waals surface area contributed by atoms with E-state index in [1.54, 1.807) is 30.0 Å². The van der Waals surface area contributed by atoms with E-state index in [4.69, 9.17) is 10.2 Å². The van der Waals surface area contributed by atoms with Crippen molar-refractivity contribution in [3.63, 3.8) is 0 Å². The lowest BCUT2D eigenvalue weighted by Gasteiger charge is -2.15. The van der Waals surface area contributed by atoms with Gasteiger partial charge in [0.05, 0.1) is 0 Å². The molecule has 0 amide bonds. The van der Waals surface area contributed by atoms with Crippen LogP contribution in [0.25, 0.3) is 0 Å². The van der Waals surface area contributed by atoms with Gasteiger partial charge in [-0.25, -0.2) is 0 Å². The molecule has 0 saturated heterocycles. The van der Waals surface area contributed by atoms with Crippen LogP contribution in [0.1, 0.15) is 28.6 Å². The van der Waals surface area contributed by atoms with Crippen LogP contribution in [-0.4, -0.2) is 21.7 Å². The second-order valence-electron chi connectivity index (χ2n) is 3.15. The number of thioether (sulfide) groups is 1. The molecule has 1 aliphatic heterocycles. The van der Waals surface area contributed by atoms with E-state index in [1.165, 1.54) is 0 Å². The number of rotatable bonds is 1. The second-order valence-corrected chi connectivity index (χ2v) is 4.29. The van der Waals surface area contributed by atoms with E-state index in [0.717, 1.165) is 10.6 Å². The molecule has 0 spiro atoms. The molecule has 1 aliphatic rings. The summed E-state index contributed by atoms with van der Waals surface area (Å²) in [5, 5.41) is 17.9. The summed E-state index contributed by atoms with van der Waals surface area (Å²) < 4.78 is 0. The van der Waals surface area contributed by atoms with Gasteiger partial charge in [0.15, 0.2) is 12.1 Å². The average molecular weight is 210 g/mol. The van der Waals surface area contributed by atoms with E-state index in [2.05, 4.69) is 0 Å². The molecule has 74 valence electrons. The van der Waals surface area contributed by atoms with Gasteiger partial charge < -0.3 is 10.2 Å². The first kappa shape index (κ1) is 9.71. The number of hydrogen-bond acceptors (Lipinski definition) is 4. The molecule has 0 unspecified atom stereocenters. The number of Topliss-reactive ketones (excluding diaryl/α,β-unsaturated/α-hetero) is 1. The van der Waals surface area contributed by atoms with Crippen molar-refractivity contribution in [1.82, 2.24) is 0 Å². The summed E-state index contributed by atoms with van der Waals surface area (Å²) in [5.41, 5.74) is 0.992. The van der Waals surface area contributed by atoms with Gasteiger partial charge in [-0.3, -0.25) is 4.79 Å². The van der Waals surface area contributed by atoms with E-state index in [9.17, 15) is 4.79 Å². The Morgan fingerprint density at radius 3 is 2.86 bits per heavy atom. The SMILES string of the molecule is O=C1CCSc2ccc(C(O)O)cc21. The molecule has 0 atom stereocenters. The van der Waals surface area contributed by atoms with Crippen molar-refractivity contribution in [3.05, 3.63) is 29.3 Å². The Morgan fingerprint density at radius 1 is 1.36 bits per heavy atom. The van der Waals surface area contributed by atoms with Crippen LogP contribution in [0.4, 0.5) is 0 Å². The van der Waals surface area contributed by atoms with Gasteiger partial charge in [-0.15, -0.1) is 11.8 Å². The Kier molecular flexibility index (Phi) is 2.58. The van der Waals surface area contributed by atoms with Gasteiger partial charge in [0, 0.05) is 28.2 Å². The maximum absolute atomic E-state index is 11.5. The van der Waals surface area contributed by atoms with Crippen molar-refractivity contribution in [1.29, 1.82) is 0 Å². The molecular weight excluding hydrogens is 200 g/mol. The summed E-state index contributed by atoms with van der Waals surface area (Å²) >= 11 is 1.63. The molecule has 4 heteroatoms. The lowest BCUT2D eigenvalue weighted by Crippen LogP contribution is -2.09. The molecule has 0 saturated carbocycles. The maximum atomic E-state index is 11.5. The Bertz CT molecular complexity index is 374. The zero-order valence-electron chi connectivity index (χ0n) is 7.43. The number of fused-ring (bicyclic) bond motifs is 1. The zero-order chi connectivity index (χ0) is 10.1. The normalized spacial score (nSPS) is 15.8. The van der Waals surface area contributed by atoms with Crippen LogP contribution >= 0.6 is 11.8 Å². The molecule has 1 heterocycles. The third-order valence-corrected chi connectivity index (χ3v) is 3.26. The highest BCUT2D eigenvalue weighted by atomic mass is 32.2. The fourth-order valence-corrected chi connectivity index (χ4v) is 2.44. The van der Waals surface area contributed by atoms with Crippen molar-refractivity contribution >= 4 is 17.5 Å². The number of aliphatic hydroxyl groups is 2. The summed E-state index contributed by atoms with van der Waals surface area (Å²) in [6, 6.07) is 4.97. The summed E-state index contributed by atoms with van der Waals surface area (Å²) in [6.07, 6.45) is -0.970. The number of benzene rings is 1. The minimum absolute atomic E-state index is 0.0845. The lowest BCUT2D eigenvalue weighted by atomic mass is 10.0. The lowest BCUT2D eigenvalue weighted by molar-refractivity contribution is -0.0425. The second kappa shape index (κ2) is 3.73. The van der Waals surface area contributed by atoms with Crippen molar-refractivity contribution in [3.8, 4) is 0 Å². The monoisotopic (exact) mass is 210 g/mol. The van der Waals surface area contributed by atoms with E-state index in [-0.39, 0.29) is 5.78 Å². The smallest absolute Gasteiger partial charge is 0.178 e. The van der Waals surface area contributed by atoms with Crippen molar-refractivity contribution in [2.24, 2.45) is 0 Å². The van der Waals surface area contributed by atoms with Crippen LogP contribution in [-0.2, 0) is 0 Å². The van der Waals surface area contributed by atoms with Crippen LogP contribution in [0, 0.1) is 0 Å². The molecule has 2 rings (SSSR count). The minimum atomic E-state index is -1.50. The van der Waals surface area contributed by atoms with Crippen LogP contribution in [0.15, 0.2) is 23.1 Å². The molecule has 0 fully saturated rings. The molecule has 14 heavy (non-hydrogen) atoms. The van der Waals surface area contributed by atoms with E-state index >= 15 is 0 Å². The van der Waals surface area contributed by atoms with E-state index in [0.29, 0.717) is 17.5 Å². The summed E-state index contributed by atoms with van der Waals surface area (Å²) in [7, 11) is 0. The van der Waals surface area contributed by atoms with Gasteiger partial charge in [0.1, 0.15) is 0 Å². The standard InChI is InChI=1S/C10H10O3S/c11-8-3-4-14-9-2-1-6(10(12)13)5-7(8)9/h1-2,5,10,12-13H,3-4H2. The average Bonchev–Trinajstić information content (AvgIpc) is 2.18. The first-order valence-electron chi connectivity index (χ1n) is 4.34. The molecule has 2 N–H and O–H groups in total. The highest BCUT2D eigenvalue weighted by Gasteiger charge is 2.18. The molecule has 0 radical (unpaired) electrons. The first-order valence-corrected chi connectivity index (χ1v) is 5.33. The number of ketones is 1. The first-order chi connectivity index (χ1) is 6.68. The van der Waals surface area contributed by atoms with E-state index in [1.807, 2.05) is 0 Å². The number of hydrogen-bond donors (Lipinski definition) is 2. The summed E-state index contributed by atoms with van der Waals surface area (Å²) in [5.74, 6) is 0.897. The zero-order valence-corrected chi connectivity index (χ0v) is 8.25. The molecule has 3 nitrogen and oxygen atoms in total. The van der Waals surface area contributed by atoms with Gasteiger partial charge in [0.25, 0.3) is 0 Å². The van der Waals surface area contributed by atoms with Crippen LogP contribution in [0.3, 0.4) is 0 Å². The van der Waals surface area contributed by atoms with Gasteiger partial charge >= 0.3 is 0 Å². The van der Waals surface area contributed by atoms with Gasteiger partial charge in [0.2, 0.25) is 0 Å². The molecular formula is C10H10O3S. The summed E-state index contributed by atoms with van der Waals surface area (Å²) in [4.78, 5) is 12.4.